The molecule has 0 radical (unpaired) electrons. The summed E-state index contributed by atoms with van der Waals surface area (Å²) in [5, 5.41) is 0. The summed E-state index contributed by atoms with van der Waals surface area (Å²) in [7, 11) is 0. The molecule has 0 aromatic rings. The van der Waals surface area contributed by atoms with E-state index in [0.717, 1.165) is 6.42 Å². The van der Waals surface area contributed by atoms with Crippen LogP contribution in [-0.2, 0) is 14.3 Å². The summed E-state index contributed by atoms with van der Waals surface area (Å²) in [6, 6.07) is 0. The highest BCUT2D eigenvalue weighted by Gasteiger charge is 2.21. The van der Waals surface area contributed by atoms with Crippen molar-refractivity contribution in [3.63, 3.8) is 0 Å². The maximum absolute atomic E-state index is 10.9. The van der Waals surface area contributed by atoms with Gasteiger partial charge in [0.2, 0.25) is 0 Å². The van der Waals surface area contributed by atoms with Gasteiger partial charge >= 0.3 is 5.97 Å². The van der Waals surface area contributed by atoms with Crippen LogP contribution in [0.25, 0.3) is 0 Å². The van der Waals surface area contributed by atoms with E-state index in [-0.39, 0.29) is 12.6 Å². The van der Waals surface area contributed by atoms with Crippen molar-refractivity contribution >= 4 is 5.97 Å². The third kappa shape index (κ3) is 1.64. The standard InChI is InChI=1S/C10H10O3/c1-7-2-4-8-9(5-3-7)13-10(11)6-12-8/h3-5H,2,6H2,1H3. The lowest BCUT2D eigenvalue weighted by molar-refractivity contribution is -0.147. The molecule has 1 heterocycles. The van der Waals surface area contributed by atoms with E-state index >= 15 is 0 Å². The van der Waals surface area contributed by atoms with Crippen LogP contribution in [0, 0.1) is 0 Å². The summed E-state index contributed by atoms with van der Waals surface area (Å²) >= 11 is 0. The fourth-order valence-corrected chi connectivity index (χ4v) is 1.23. The lowest BCUT2D eigenvalue weighted by Crippen LogP contribution is -2.20. The van der Waals surface area contributed by atoms with Crippen molar-refractivity contribution < 1.29 is 14.3 Å². The first-order valence-corrected chi connectivity index (χ1v) is 4.17. The van der Waals surface area contributed by atoms with Crippen molar-refractivity contribution in [3.05, 3.63) is 35.3 Å². The molecule has 0 amide bonds. The first kappa shape index (κ1) is 8.10. The van der Waals surface area contributed by atoms with Gasteiger partial charge in [-0.15, -0.1) is 0 Å². The smallest absolute Gasteiger partial charge is 0.349 e. The van der Waals surface area contributed by atoms with Gasteiger partial charge < -0.3 is 9.47 Å². The third-order valence-electron chi connectivity index (χ3n) is 1.94. The number of allylic oxidation sites excluding steroid dienone is 4. The number of rotatable bonds is 0. The molecule has 0 unspecified atom stereocenters. The quantitative estimate of drug-likeness (QED) is 0.529. The largest absolute Gasteiger partial charge is 0.478 e. The molecule has 1 fully saturated rings. The second-order valence-electron chi connectivity index (χ2n) is 3.08. The predicted molar refractivity (Wildman–Crippen MR) is 46.6 cm³/mol. The average Bonchev–Trinajstić information content (AvgIpc) is 2.29. The molecule has 0 saturated carbocycles. The predicted octanol–water partition coefficient (Wildman–Crippen LogP) is 1.68. The van der Waals surface area contributed by atoms with Crippen LogP contribution in [0.5, 0.6) is 0 Å². The zero-order valence-electron chi connectivity index (χ0n) is 7.37. The number of hydrogen-bond donors (Lipinski definition) is 0. The van der Waals surface area contributed by atoms with Crippen LogP contribution in [0.2, 0.25) is 0 Å². The van der Waals surface area contributed by atoms with Gasteiger partial charge in [-0.3, -0.25) is 0 Å². The summed E-state index contributed by atoms with van der Waals surface area (Å²) in [5.74, 6) is 0.858. The Bertz CT molecular complexity index is 334. The highest BCUT2D eigenvalue weighted by atomic mass is 16.6. The molecule has 13 heavy (non-hydrogen) atoms. The Balaban J connectivity index is 2.30. The van der Waals surface area contributed by atoms with Crippen LogP contribution in [0.4, 0.5) is 0 Å². The zero-order chi connectivity index (χ0) is 9.26. The molecule has 0 bridgehead atoms. The van der Waals surface area contributed by atoms with E-state index in [2.05, 4.69) is 0 Å². The molecule has 0 spiro atoms. The summed E-state index contributed by atoms with van der Waals surface area (Å²) < 4.78 is 10.2. The maximum Gasteiger partial charge on any atom is 0.349 e. The number of fused-ring (bicyclic) bond motifs is 1. The number of carbonyl (C=O) groups excluding carboxylic acids is 1. The molecule has 0 aromatic carbocycles. The molecule has 2 aliphatic rings. The third-order valence-corrected chi connectivity index (χ3v) is 1.94. The average molecular weight is 178 g/mol. The molecule has 68 valence electrons. The molecule has 2 rings (SSSR count). The fraction of sp³-hybridized carbons (Fsp3) is 0.300. The van der Waals surface area contributed by atoms with Crippen LogP contribution >= 0.6 is 0 Å². The Morgan fingerprint density at radius 2 is 2.15 bits per heavy atom. The van der Waals surface area contributed by atoms with Gasteiger partial charge in [0.15, 0.2) is 18.1 Å². The minimum absolute atomic E-state index is 0.0161. The minimum Gasteiger partial charge on any atom is -0.478 e. The van der Waals surface area contributed by atoms with Crippen molar-refractivity contribution in [2.45, 2.75) is 13.3 Å². The highest BCUT2D eigenvalue weighted by Crippen LogP contribution is 2.23. The van der Waals surface area contributed by atoms with Crippen LogP contribution < -0.4 is 0 Å². The van der Waals surface area contributed by atoms with Gasteiger partial charge in [0.25, 0.3) is 0 Å². The number of ether oxygens (including phenoxy) is 2. The summed E-state index contributed by atoms with van der Waals surface area (Å²) in [6.45, 7) is 2.04. The van der Waals surface area contributed by atoms with E-state index < -0.39 is 0 Å². The van der Waals surface area contributed by atoms with Crippen LogP contribution in [0.3, 0.4) is 0 Å². The van der Waals surface area contributed by atoms with E-state index in [1.165, 1.54) is 5.57 Å². The van der Waals surface area contributed by atoms with Crippen molar-refractivity contribution in [1.82, 2.24) is 0 Å². The Morgan fingerprint density at radius 3 is 3.00 bits per heavy atom. The first-order chi connectivity index (χ1) is 6.25. The van der Waals surface area contributed by atoms with Crippen molar-refractivity contribution in [2.75, 3.05) is 6.61 Å². The molecule has 3 nitrogen and oxygen atoms in total. The topological polar surface area (TPSA) is 35.5 Å². The SMILES string of the molecule is CC1=CC=C2OC(=O)COC2=CC1. The van der Waals surface area contributed by atoms with E-state index in [4.69, 9.17) is 9.47 Å². The molecule has 0 aromatic heterocycles. The van der Waals surface area contributed by atoms with E-state index in [0.29, 0.717) is 11.5 Å². The second kappa shape index (κ2) is 3.09. The van der Waals surface area contributed by atoms with Gasteiger partial charge in [-0.1, -0.05) is 11.6 Å². The molecule has 3 heteroatoms. The molecule has 1 saturated heterocycles. The zero-order valence-corrected chi connectivity index (χ0v) is 7.37. The van der Waals surface area contributed by atoms with Crippen molar-refractivity contribution in [2.24, 2.45) is 0 Å². The number of carbonyl (C=O) groups is 1. The molecule has 0 atom stereocenters. The molecule has 0 N–H and O–H groups in total. The van der Waals surface area contributed by atoms with Crippen LogP contribution in [0.1, 0.15) is 13.3 Å². The number of hydrogen-bond acceptors (Lipinski definition) is 3. The maximum atomic E-state index is 10.9. The van der Waals surface area contributed by atoms with Crippen molar-refractivity contribution in [1.29, 1.82) is 0 Å². The van der Waals surface area contributed by atoms with Gasteiger partial charge in [-0.25, -0.2) is 4.79 Å². The molecular weight excluding hydrogens is 168 g/mol. The molecular formula is C10H10O3. The van der Waals surface area contributed by atoms with Gasteiger partial charge in [-0.2, -0.15) is 0 Å². The minimum atomic E-state index is -0.337. The molecule has 1 aliphatic heterocycles. The normalized spacial score (nSPS) is 21.3. The van der Waals surface area contributed by atoms with Crippen molar-refractivity contribution in [3.8, 4) is 0 Å². The van der Waals surface area contributed by atoms with Gasteiger partial charge in [0.05, 0.1) is 0 Å². The van der Waals surface area contributed by atoms with E-state index in [1.54, 1.807) is 6.08 Å². The second-order valence-corrected chi connectivity index (χ2v) is 3.08. The van der Waals surface area contributed by atoms with E-state index in [1.807, 2.05) is 19.1 Å². The summed E-state index contributed by atoms with van der Waals surface area (Å²) in [5.41, 5.74) is 1.22. The molecule has 1 aliphatic carbocycles. The monoisotopic (exact) mass is 178 g/mol. The Morgan fingerprint density at radius 1 is 1.31 bits per heavy atom. The lowest BCUT2D eigenvalue weighted by atomic mass is 10.2. The van der Waals surface area contributed by atoms with Gasteiger partial charge in [-0.05, 0) is 25.5 Å². The Labute approximate surface area is 76.3 Å². The van der Waals surface area contributed by atoms with Gasteiger partial charge in [0.1, 0.15) is 0 Å². The van der Waals surface area contributed by atoms with Crippen LogP contribution in [-0.4, -0.2) is 12.6 Å². The number of esters is 1. The lowest BCUT2D eigenvalue weighted by Gasteiger charge is -2.17. The Hall–Kier alpha value is -1.51. The fourth-order valence-electron chi connectivity index (χ4n) is 1.23. The van der Waals surface area contributed by atoms with E-state index in [9.17, 15) is 4.79 Å². The Kier molecular flexibility index (Phi) is 1.93. The summed E-state index contributed by atoms with van der Waals surface area (Å²) in [6.07, 6.45) is 6.47. The first-order valence-electron chi connectivity index (χ1n) is 4.17. The van der Waals surface area contributed by atoms with Gasteiger partial charge in [0, 0.05) is 0 Å². The van der Waals surface area contributed by atoms with Crippen LogP contribution in [0.15, 0.2) is 35.3 Å². The summed E-state index contributed by atoms with van der Waals surface area (Å²) in [4.78, 5) is 10.9. The highest BCUT2D eigenvalue weighted by molar-refractivity contribution is 5.74.